The van der Waals surface area contributed by atoms with Crippen LogP contribution in [0.15, 0.2) is 30.5 Å². The summed E-state index contributed by atoms with van der Waals surface area (Å²) in [4.78, 5) is 17.1. The maximum Gasteiger partial charge on any atom is 0.272 e. The van der Waals surface area contributed by atoms with Gasteiger partial charge in [-0.1, -0.05) is 6.07 Å². The van der Waals surface area contributed by atoms with Gasteiger partial charge in [0.1, 0.15) is 17.3 Å². The van der Waals surface area contributed by atoms with Gasteiger partial charge in [-0.3, -0.25) is 4.79 Å². The fourth-order valence-electron chi connectivity index (χ4n) is 3.80. The molecule has 1 fully saturated rings. The van der Waals surface area contributed by atoms with Crippen LogP contribution in [0.25, 0.3) is 5.52 Å². The molecule has 0 N–H and O–H groups in total. The van der Waals surface area contributed by atoms with E-state index in [1.165, 1.54) is 0 Å². The number of nitrogens with zero attached hydrogens (tertiary/aromatic N) is 7. The summed E-state index contributed by atoms with van der Waals surface area (Å²) < 4.78 is 3.79. The van der Waals surface area contributed by atoms with Gasteiger partial charge in [-0.05, 0) is 45.1 Å². The van der Waals surface area contributed by atoms with Crippen molar-refractivity contribution in [3.63, 3.8) is 0 Å². The van der Waals surface area contributed by atoms with Crippen molar-refractivity contribution in [3.8, 4) is 0 Å². The van der Waals surface area contributed by atoms with E-state index in [1.807, 2.05) is 50.3 Å². The molecule has 8 heteroatoms. The highest BCUT2D eigenvalue weighted by Gasteiger charge is 2.29. The zero-order chi connectivity index (χ0) is 19.0. The molecule has 0 bridgehead atoms. The lowest BCUT2D eigenvalue weighted by molar-refractivity contribution is 0.0694. The molecule has 0 aromatic carbocycles. The number of amides is 1. The molecule has 142 valence electrons. The zero-order valence-electron chi connectivity index (χ0n) is 16.0. The van der Waals surface area contributed by atoms with Gasteiger partial charge < -0.3 is 14.4 Å². The van der Waals surface area contributed by atoms with E-state index >= 15 is 0 Å². The van der Waals surface area contributed by atoms with Gasteiger partial charge in [-0.2, -0.15) is 5.10 Å². The minimum atomic E-state index is 0.0182. The summed E-state index contributed by atoms with van der Waals surface area (Å²) in [5.74, 6) is 2.12. The number of aromatic nitrogens is 5. The molecule has 4 rings (SSSR count). The monoisotopic (exact) mass is 367 g/mol. The van der Waals surface area contributed by atoms with E-state index in [0.717, 1.165) is 43.1 Å². The maximum absolute atomic E-state index is 13.1. The highest BCUT2D eigenvalue weighted by Crippen LogP contribution is 2.27. The number of rotatable bonds is 4. The largest absolute Gasteiger partial charge is 0.337 e. The number of likely N-dealkylation sites (tertiary alicyclic amines) is 1. The Morgan fingerprint density at radius 2 is 2.11 bits per heavy atom. The summed E-state index contributed by atoms with van der Waals surface area (Å²) >= 11 is 0. The van der Waals surface area contributed by atoms with Gasteiger partial charge in [0, 0.05) is 26.1 Å². The van der Waals surface area contributed by atoms with Crippen molar-refractivity contribution in [1.29, 1.82) is 0 Å². The number of pyridine rings is 1. The molecule has 1 saturated heterocycles. The fourth-order valence-corrected chi connectivity index (χ4v) is 3.80. The number of hydrogen-bond acceptors (Lipinski definition) is 5. The van der Waals surface area contributed by atoms with Crippen LogP contribution in [0.5, 0.6) is 0 Å². The Hall–Kier alpha value is -2.74. The van der Waals surface area contributed by atoms with Crippen LogP contribution in [0.3, 0.4) is 0 Å². The van der Waals surface area contributed by atoms with Crippen molar-refractivity contribution in [3.05, 3.63) is 47.8 Å². The molecule has 1 aliphatic rings. The average Bonchev–Trinajstić information content (AvgIpc) is 3.28. The molecule has 0 saturated carbocycles. The van der Waals surface area contributed by atoms with Crippen LogP contribution in [0.4, 0.5) is 0 Å². The van der Waals surface area contributed by atoms with E-state index in [4.69, 9.17) is 0 Å². The molecule has 1 atom stereocenters. The molecule has 0 spiro atoms. The predicted octanol–water partition coefficient (Wildman–Crippen LogP) is 1.54. The SMILES string of the molecule is CN(C)Cc1nnc(C2CCCN(C(=O)c3cccc4ccnn34)C2)n1C. The van der Waals surface area contributed by atoms with Crippen molar-refractivity contribution in [2.24, 2.45) is 7.05 Å². The lowest BCUT2D eigenvalue weighted by atomic mass is 9.97. The van der Waals surface area contributed by atoms with Gasteiger partial charge in [0.25, 0.3) is 5.91 Å². The van der Waals surface area contributed by atoms with Gasteiger partial charge in [-0.25, -0.2) is 4.52 Å². The van der Waals surface area contributed by atoms with E-state index in [2.05, 4.69) is 24.8 Å². The topological polar surface area (TPSA) is 71.6 Å². The first-order valence-electron chi connectivity index (χ1n) is 9.29. The molecule has 1 amide bonds. The van der Waals surface area contributed by atoms with Crippen LogP contribution in [0.2, 0.25) is 0 Å². The Kier molecular flexibility index (Phi) is 4.65. The third-order valence-electron chi connectivity index (χ3n) is 5.17. The van der Waals surface area contributed by atoms with Gasteiger partial charge in [0.05, 0.1) is 18.3 Å². The lowest BCUT2D eigenvalue weighted by Gasteiger charge is -2.32. The van der Waals surface area contributed by atoms with Crippen molar-refractivity contribution in [1.82, 2.24) is 34.2 Å². The van der Waals surface area contributed by atoms with Gasteiger partial charge in [0.2, 0.25) is 0 Å². The number of fused-ring (bicyclic) bond motifs is 1. The van der Waals surface area contributed by atoms with Gasteiger partial charge in [0.15, 0.2) is 0 Å². The van der Waals surface area contributed by atoms with Crippen LogP contribution >= 0.6 is 0 Å². The van der Waals surface area contributed by atoms with Crippen molar-refractivity contribution in [2.75, 3.05) is 27.2 Å². The third kappa shape index (κ3) is 3.32. The second kappa shape index (κ2) is 7.11. The Morgan fingerprint density at radius 3 is 2.93 bits per heavy atom. The molecular weight excluding hydrogens is 342 g/mol. The average molecular weight is 367 g/mol. The molecule has 1 aliphatic heterocycles. The summed E-state index contributed by atoms with van der Waals surface area (Å²) in [6.45, 7) is 2.17. The van der Waals surface area contributed by atoms with Crippen molar-refractivity contribution >= 4 is 11.4 Å². The number of piperidine rings is 1. The molecule has 0 radical (unpaired) electrons. The van der Waals surface area contributed by atoms with Crippen LogP contribution in [0, 0.1) is 0 Å². The van der Waals surface area contributed by atoms with Crippen LogP contribution in [-0.4, -0.2) is 67.3 Å². The molecule has 3 aromatic heterocycles. The van der Waals surface area contributed by atoms with E-state index in [0.29, 0.717) is 12.2 Å². The molecule has 4 heterocycles. The highest BCUT2D eigenvalue weighted by atomic mass is 16.2. The van der Waals surface area contributed by atoms with Crippen LogP contribution in [-0.2, 0) is 13.6 Å². The first-order valence-corrected chi connectivity index (χ1v) is 9.29. The first-order chi connectivity index (χ1) is 13.0. The minimum absolute atomic E-state index is 0.0182. The number of carbonyl (C=O) groups is 1. The van der Waals surface area contributed by atoms with Crippen molar-refractivity contribution < 1.29 is 4.79 Å². The van der Waals surface area contributed by atoms with E-state index < -0.39 is 0 Å². The molecule has 0 aliphatic carbocycles. The van der Waals surface area contributed by atoms with E-state index in [-0.39, 0.29) is 11.8 Å². The van der Waals surface area contributed by atoms with E-state index in [1.54, 1.807) is 10.7 Å². The summed E-state index contributed by atoms with van der Waals surface area (Å²) in [7, 11) is 6.05. The number of carbonyl (C=O) groups excluding carboxylic acids is 1. The fraction of sp³-hybridized carbons (Fsp3) is 0.474. The zero-order valence-corrected chi connectivity index (χ0v) is 16.0. The van der Waals surface area contributed by atoms with Crippen molar-refractivity contribution in [2.45, 2.75) is 25.3 Å². The smallest absolute Gasteiger partial charge is 0.272 e. The second-order valence-corrected chi connectivity index (χ2v) is 7.44. The quantitative estimate of drug-likeness (QED) is 0.700. The molecule has 1 unspecified atom stereocenters. The Balaban J connectivity index is 1.56. The molecule has 8 nitrogen and oxygen atoms in total. The standard InChI is InChI=1S/C19H25N7O/c1-23(2)13-17-21-22-18(24(17)3)14-6-5-11-25(12-14)19(27)16-8-4-7-15-9-10-20-26(15)16/h4,7-10,14H,5-6,11-13H2,1-3H3. The summed E-state index contributed by atoms with van der Waals surface area (Å²) in [5, 5.41) is 13.1. The first kappa shape index (κ1) is 17.7. The lowest BCUT2D eigenvalue weighted by Crippen LogP contribution is -2.40. The normalized spacial score (nSPS) is 17.8. The summed E-state index contributed by atoms with van der Waals surface area (Å²) in [6.07, 6.45) is 3.70. The Morgan fingerprint density at radius 1 is 1.26 bits per heavy atom. The minimum Gasteiger partial charge on any atom is -0.337 e. The summed E-state index contributed by atoms with van der Waals surface area (Å²) in [6, 6.07) is 7.60. The Bertz CT molecular complexity index is 958. The molecule has 27 heavy (non-hydrogen) atoms. The number of hydrogen-bond donors (Lipinski definition) is 0. The molecule has 3 aromatic rings. The van der Waals surface area contributed by atoms with Gasteiger partial charge in [-0.15, -0.1) is 10.2 Å². The highest BCUT2D eigenvalue weighted by molar-refractivity contribution is 5.93. The maximum atomic E-state index is 13.1. The third-order valence-corrected chi connectivity index (χ3v) is 5.17. The van der Waals surface area contributed by atoms with Crippen LogP contribution in [0.1, 0.15) is 40.9 Å². The molecular formula is C19H25N7O. The van der Waals surface area contributed by atoms with Crippen LogP contribution < -0.4 is 0 Å². The van der Waals surface area contributed by atoms with E-state index in [9.17, 15) is 4.79 Å². The Labute approximate surface area is 158 Å². The van der Waals surface area contributed by atoms with Gasteiger partial charge >= 0.3 is 0 Å². The second-order valence-electron chi connectivity index (χ2n) is 7.44. The summed E-state index contributed by atoms with van der Waals surface area (Å²) in [5.41, 5.74) is 1.53. The predicted molar refractivity (Wildman–Crippen MR) is 101 cm³/mol.